The van der Waals surface area contributed by atoms with Gasteiger partial charge in [0, 0.05) is 5.41 Å². The SMILES string of the molecule is CCCCC(CCCC)(CCCC)C(=O)C(C(=O)O)C(O)(CC(=O)O)C(=O)O.CCCCOC(=O)CC(O)(C(=O)OCCCC)C(C(C)=O)C(=O)OCCCC. The molecule has 4 atom stereocenters. The lowest BCUT2D eigenvalue weighted by atomic mass is 9.64. The predicted octanol–water partition coefficient (Wildman–Crippen LogP) is 5.45. The number of carbonyl (C=O) groups is 8. The van der Waals surface area contributed by atoms with Gasteiger partial charge < -0.3 is 39.7 Å². The number of unbranched alkanes of at least 4 members (excludes halogenated alkanes) is 6. The molecule has 0 spiro atoms. The number of rotatable bonds is 31. The van der Waals surface area contributed by atoms with E-state index in [4.69, 9.17) is 19.3 Å². The monoisotopic (exact) mass is 804 g/mol. The Balaban J connectivity index is 0. The second kappa shape index (κ2) is 28.5. The van der Waals surface area contributed by atoms with Crippen LogP contribution in [0.25, 0.3) is 0 Å². The molecule has 0 amide bonds. The van der Waals surface area contributed by atoms with Crippen molar-refractivity contribution in [1.29, 1.82) is 0 Å². The van der Waals surface area contributed by atoms with Gasteiger partial charge in [-0.3, -0.25) is 28.8 Å². The maximum absolute atomic E-state index is 13.5. The molecule has 0 fully saturated rings. The lowest BCUT2D eigenvalue weighted by Gasteiger charge is -2.38. The molecule has 0 heterocycles. The molecule has 0 saturated heterocycles. The van der Waals surface area contributed by atoms with Gasteiger partial charge >= 0.3 is 35.8 Å². The second-order valence-corrected chi connectivity index (χ2v) is 14.3. The first-order valence-corrected chi connectivity index (χ1v) is 19.9. The lowest BCUT2D eigenvalue weighted by molar-refractivity contribution is -0.187. The van der Waals surface area contributed by atoms with E-state index in [2.05, 4.69) is 0 Å². The molecule has 0 aromatic carbocycles. The first-order chi connectivity index (χ1) is 26.3. The summed E-state index contributed by atoms with van der Waals surface area (Å²) in [5.41, 5.74) is -6.97. The normalized spacial score (nSPS) is 14.4. The summed E-state index contributed by atoms with van der Waals surface area (Å²) in [6.45, 7) is 12.7. The summed E-state index contributed by atoms with van der Waals surface area (Å²) in [5.74, 6) is -14.6. The molecule has 0 aromatic heterocycles. The number of esters is 3. The van der Waals surface area contributed by atoms with Crippen molar-refractivity contribution in [3.8, 4) is 0 Å². The van der Waals surface area contributed by atoms with Gasteiger partial charge in [0.15, 0.2) is 28.8 Å². The minimum absolute atomic E-state index is 0.00195. The summed E-state index contributed by atoms with van der Waals surface area (Å²) >= 11 is 0. The van der Waals surface area contributed by atoms with Crippen molar-refractivity contribution < 1.29 is 78.1 Å². The van der Waals surface area contributed by atoms with Crippen LogP contribution in [0.3, 0.4) is 0 Å². The molecule has 56 heavy (non-hydrogen) atoms. The highest BCUT2D eigenvalue weighted by Crippen LogP contribution is 2.42. The number of aliphatic carboxylic acids is 3. The van der Waals surface area contributed by atoms with E-state index in [9.17, 15) is 58.8 Å². The lowest BCUT2D eigenvalue weighted by Crippen LogP contribution is -2.57. The van der Waals surface area contributed by atoms with Crippen LogP contribution in [-0.4, -0.2) is 104 Å². The van der Waals surface area contributed by atoms with E-state index in [0.29, 0.717) is 57.8 Å². The topological polar surface area (TPSA) is 265 Å². The van der Waals surface area contributed by atoms with E-state index in [1.165, 1.54) is 0 Å². The van der Waals surface area contributed by atoms with Gasteiger partial charge in [0.05, 0.1) is 32.7 Å². The molecule has 324 valence electrons. The molecule has 5 N–H and O–H groups in total. The zero-order valence-corrected chi connectivity index (χ0v) is 34.5. The molecule has 16 heteroatoms. The van der Waals surface area contributed by atoms with Crippen LogP contribution in [0.5, 0.6) is 0 Å². The van der Waals surface area contributed by atoms with Gasteiger partial charge in [0.2, 0.25) is 0 Å². The Morgan fingerprint density at radius 2 is 0.946 bits per heavy atom. The fraction of sp³-hybridized carbons (Fsp3) is 0.800. The van der Waals surface area contributed by atoms with Crippen LogP contribution >= 0.6 is 0 Å². The largest absolute Gasteiger partial charge is 0.481 e. The van der Waals surface area contributed by atoms with Crippen LogP contribution in [0.4, 0.5) is 0 Å². The van der Waals surface area contributed by atoms with Gasteiger partial charge in [-0.1, -0.05) is 99.3 Å². The molecule has 0 radical (unpaired) electrons. The van der Waals surface area contributed by atoms with E-state index in [1.807, 2.05) is 41.5 Å². The number of carboxylic acids is 3. The predicted molar refractivity (Wildman–Crippen MR) is 203 cm³/mol. The number of carboxylic acid groups (broad SMARTS) is 3. The summed E-state index contributed by atoms with van der Waals surface area (Å²) in [7, 11) is 0. The third-order valence-corrected chi connectivity index (χ3v) is 9.45. The van der Waals surface area contributed by atoms with Gasteiger partial charge in [-0.2, -0.15) is 0 Å². The molecular formula is C40H68O16. The summed E-state index contributed by atoms with van der Waals surface area (Å²) in [5, 5.41) is 49.6. The van der Waals surface area contributed by atoms with Crippen LogP contribution in [0.2, 0.25) is 0 Å². The van der Waals surface area contributed by atoms with Crippen molar-refractivity contribution in [3.05, 3.63) is 0 Å². The number of ether oxygens (including phenoxy) is 3. The van der Waals surface area contributed by atoms with Crippen LogP contribution in [0.15, 0.2) is 0 Å². The average Bonchev–Trinajstić information content (AvgIpc) is 3.11. The van der Waals surface area contributed by atoms with Gasteiger partial charge in [-0.25, -0.2) is 9.59 Å². The van der Waals surface area contributed by atoms with Crippen LogP contribution < -0.4 is 0 Å². The van der Waals surface area contributed by atoms with Crippen LogP contribution in [0, 0.1) is 17.3 Å². The van der Waals surface area contributed by atoms with Crippen LogP contribution in [-0.2, 0) is 52.6 Å². The second-order valence-electron chi connectivity index (χ2n) is 14.3. The first-order valence-electron chi connectivity index (χ1n) is 19.9. The maximum atomic E-state index is 13.5. The number of hydrogen-bond donors (Lipinski definition) is 5. The van der Waals surface area contributed by atoms with Crippen molar-refractivity contribution >= 4 is 47.4 Å². The first kappa shape index (κ1) is 54.2. The molecule has 4 unspecified atom stereocenters. The molecule has 0 bridgehead atoms. The van der Waals surface area contributed by atoms with Crippen LogP contribution in [0.1, 0.15) is 158 Å². The van der Waals surface area contributed by atoms with Crippen molar-refractivity contribution in [3.63, 3.8) is 0 Å². The highest BCUT2D eigenvalue weighted by molar-refractivity contribution is 6.08. The highest BCUT2D eigenvalue weighted by Gasteiger charge is 2.58. The van der Waals surface area contributed by atoms with E-state index >= 15 is 0 Å². The van der Waals surface area contributed by atoms with E-state index in [-0.39, 0.29) is 19.8 Å². The standard InChI is InChI=1S/2C20H34O8/c1-5-8-11-26-16(22)14-20(25,19(24)28-13-10-7-3)17(15(4)21)18(23)27-12-9-6-2;1-4-7-10-19(11-8-5-2,12-9-6-3)16(23)15(17(24)25)20(28,18(26)27)13-14(21)22/h17,25H,5-14H2,1-4H3;15,28H,4-13H2,1-3H3,(H,21,22)(H,24,25)(H,26,27). The molecule has 16 nitrogen and oxygen atoms in total. The number of carbonyl (C=O) groups excluding carboxylic acids is 5. The fourth-order valence-corrected chi connectivity index (χ4v) is 6.09. The summed E-state index contributed by atoms with van der Waals surface area (Å²) in [6.07, 6.45) is 7.16. The van der Waals surface area contributed by atoms with Gasteiger partial charge in [0.1, 0.15) is 5.78 Å². The van der Waals surface area contributed by atoms with Crippen molar-refractivity contribution in [1.82, 2.24) is 0 Å². The zero-order valence-electron chi connectivity index (χ0n) is 34.5. The Bertz CT molecular complexity index is 1240. The number of hydrogen-bond acceptors (Lipinski definition) is 13. The van der Waals surface area contributed by atoms with E-state index in [1.54, 1.807) is 0 Å². The van der Waals surface area contributed by atoms with Gasteiger partial charge in [-0.05, 0) is 45.4 Å². The van der Waals surface area contributed by atoms with Crippen molar-refractivity contribution in [2.45, 2.75) is 169 Å². The smallest absolute Gasteiger partial charge is 0.340 e. The quantitative estimate of drug-likeness (QED) is 0.0252. The molecule has 0 saturated carbocycles. The Morgan fingerprint density at radius 3 is 1.30 bits per heavy atom. The molecule has 0 aliphatic heterocycles. The van der Waals surface area contributed by atoms with Crippen molar-refractivity contribution in [2.75, 3.05) is 19.8 Å². The molecule has 0 aliphatic carbocycles. The Kier molecular flexibility index (Phi) is 27.5. The van der Waals surface area contributed by atoms with Gasteiger partial charge in [-0.15, -0.1) is 0 Å². The Morgan fingerprint density at radius 1 is 0.536 bits per heavy atom. The number of Topliss-reactive ketones (excluding diaryl/α,β-unsaturated/α-hetero) is 2. The fourth-order valence-electron chi connectivity index (χ4n) is 6.09. The number of aliphatic hydroxyl groups is 2. The molecule has 0 aliphatic rings. The summed E-state index contributed by atoms with van der Waals surface area (Å²) in [4.78, 5) is 97.3. The third-order valence-electron chi connectivity index (χ3n) is 9.45. The highest BCUT2D eigenvalue weighted by atomic mass is 16.6. The molecule has 0 aromatic rings. The maximum Gasteiger partial charge on any atom is 0.340 e. The minimum atomic E-state index is -3.20. The van der Waals surface area contributed by atoms with Gasteiger partial charge in [0.25, 0.3) is 0 Å². The van der Waals surface area contributed by atoms with Crippen molar-refractivity contribution in [2.24, 2.45) is 17.3 Å². The van der Waals surface area contributed by atoms with E-state index < -0.39 is 88.7 Å². The third kappa shape index (κ3) is 17.9. The summed E-state index contributed by atoms with van der Waals surface area (Å²) < 4.78 is 15.0. The van der Waals surface area contributed by atoms with E-state index in [0.717, 1.165) is 45.4 Å². The summed E-state index contributed by atoms with van der Waals surface area (Å²) in [6, 6.07) is 0. The average molecular weight is 805 g/mol. The molecular weight excluding hydrogens is 736 g/mol. The Hall–Kier alpha value is -3.92. The zero-order chi connectivity index (χ0) is 43.5. The number of ketones is 2. The Labute approximate surface area is 331 Å². The molecule has 0 rings (SSSR count). The minimum Gasteiger partial charge on any atom is -0.481 e.